The Bertz CT molecular complexity index is 1620. The van der Waals surface area contributed by atoms with Gasteiger partial charge in [0.15, 0.2) is 17.3 Å². The number of fused-ring (bicyclic) bond motifs is 1. The summed E-state index contributed by atoms with van der Waals surface area (Å²) in [5.41, 5.74) is 0.246. The van der Waals surface area contributed by atoms with E-state index in [2.05, 4.69) is 20.6 Å². The lowest BCUT2D eigenvalue weighted by Gasteiger charge is -2.28. The minimum atomic E-state index is -3.74. The molecule has 0 unspecified atom stereocenters. The molecule has 1 aliphatic heterocycles. The molecule has 1 saturated heterocycles. The van der Waals surface area contributed by atoms with Gasteiger partial charge < -0.3 is 15.4 Å². The number of nitrogens with zero attached hydrogens (tertiary/aromatic N) is 3. The number of hydrogen-bond donors (Lipinski definition) is 2. The van der Waals surface area contributed by atoms with Gasteiger partial charge in [-0.05, 0) is 55.5 Å². The van der Waals surface area contributed by atoms with E-state index in [0.29, 0.717) is 31.2 Å². The second-order valence-electron chi connectivity index (χ2n) is 9.70. The van der Waals surface area contributed by atoms with Gasteiger partial charge in [0.2, 0.25) is 15.9 Å². The lowest BCUT2D eigenvalue weighted by molar-refractivity contribution is -0.134. The summed E-state index contributed by atoms with van der Waals surface area (Å²) in [6.45, 7) is -0.0270. The lowest BCUT2D eigenvalue weighted by Crippen LogP contribution is -2.39. The summed E-state index contributed by atoms with van der Waals surface area (Å²) in [6, 6.07) is 6.88. The minimum absolute atomic E-state index is 0.0115. The quantitative estimate of drug-likeness (QED) is 0.214. The van der Waals surface area contributed by atoms with Crippen molar-refractivity contribution >= 4 is 73.4 Å². The van der Waals surface area contributed by atoms with Crippen LogP contribution in [0.15, 0.2) is 36.5 Å². The van der Waals surface area contributed by atoms with Gasteiger partial charge in [-0.1, -0.05) is 6.07 Å². The normalized spacial score (nSPS) is 14.3. The van der Waals surface area contributed by atoms with Crippen LogP contribution >= 0.6 is 23.2 Å². The van der Waals surface area contributed by atoms with Crippen molar-refractivity contribution in [3.8, 4) is 5.75 Å². The van der Waals surface area contributed by atoms with Crippen molar-refractivity contribution in [2.24, 2.45) is 0 Å². The number of rotatable bonds is 12. The van der Waals surface area contributed by atoms with Crippen molar-refractivity contribution in [2.45, 2.75) is 45.1 Å². The molecule has 1 fully saturated rings. The fraction of sp³-hybridized carbons (Fsp3) is 0.393. The highest BCUT2D eigenvalue weighted by Gasteiger charge is 2.32. The summed E-state index contributed by atoms with van der Waals surface area (Å²) in [5, 5.41) is 5.57. The van der Waals surface area contributed by atoms with Crippen molar-refractivity contribution in [1.29, 1.82) is 0 Å². The second kappa shape index (κ2) is 14.8. The third-order valence-corrected chi connectivity index (χ3v) is 8.92. The topological polar surface area (TPSA) is 148 Å². The predicted octanol–water partition coefficient (Wildman–Crippen LogP) is 4.51. The average molecular weight is 655 g/mol. The van der Waals surface area contributed by atoms with Gasteiger partial charge in [-0.15, -0.1) is 23.2 Å². The maximum absolute atomic E-state index is 14.0. The second-order valence-corrected chi connectivity index (χ2v) is 12.5. The van der Waals surface area contributed by atoms with Crippen LogP contribution in [0.3, 0.4) is 0 Å². The van der Waals surface area contributed by atoms with Crippen molar-refractivity contribution < 1.29 is 31.9 Å². The van der Waals surface area contributed by atoms with E-state index >= 15 is 0 Å². The molecule has 0 atom stereocenters. The highest BCUT2D eigenvalue weighted by molar-refractivity contribution is 7.92. The molecular weight excluding hydrogens is 624 g/mol. The number of halogens is 3. The Kier molecular flexibility index (Phi) is 11.1. The van der Waals surface area contributed by atoms with E-state index in [4.69, 9.17) is 27.9 Å². The summed E-state index contributed by atoms with van der Waals surface area (Å²) in [7, 11) is -3.74. The molecule has 0 spiro atoms. The molecular formula is C28H30Cl2FN5O6S. The number of nitrogens with one attached hydrogen (secondary N) is 2. The van der Waals surface area contributed by atoms with Crippen LogP contribution < -0.4 is 19.7 Å². The molecule has 0 aliphatic carbocycles. The number of esters is 1. The molecule has 0 bridgehead atoms. The number of anilines is 2. The molecule has 15 heteroatoms. The summed E-state index contributed by atoms with van der Waals surface area (Å²) in [4.78, 5) is 47.3. The first-order valence-corrected chi connectivity index (χ1v) is 16.3. The van der Waals surface area contributed by atoms with Crippen LogP contribution in [0.1, 0.15) is 54.6 Å². The van der Waals surface area contributed by atoms with Crippen LogP contribution in [0.25, 0.3) is 10.9 Å². The molecule has 1 aliphatic rings. The predicted molar refractivity (Wildman–Crippen MR) is 162 cm³/mol. The zero-order valence-corrected chi connectivity index (χ0v) is 25.4. The fourth-order valence-corrected chi connectivity index (χ4v) is 6.32. The summed E-state index contributed by atoms with van der Waals surface area (Å²) in [6.07, 6.45) is 3.34. The maximum Gasteiger partial charge on any atom is 0.311 e. The smallest absolute Gasteiger partial charge is 0.311 e. The molecule has 0 saturated carbocycles. The Morgan fingerprint density at radius 1 is 1.07 bits per heavy atom. The summed E-state index contributed by atoms with van der Waals surface area (Å²) in [5.74, 6) is -2.29. The Labute approximate surface area is 258 Å². The Balaban J connectivity index is 1.73. The van der Waals surface area contributed by atoms with Crippen molar-refractivity contribution in [3.05, 3.63) is 53.6 Å². The zero-order valence-electron chi connectivity index (χ0n) is 23.1. The fourth-order valence-electron chi connectivity index (χ4n) is 4.46. The van der Waals surface area contributed by atoms with Crippen molar-refractivity contribution in [1.82, 2.24) is 15.3 Å². The number of pyridine rings is 2. The molecule has 4 rings (SSSR count). The Morgan fingerprint density at radius 3 is 2.58 bits per heavy atom. The number of carbonyl (C=O) groups is 3. The number of carbonyl (C=O) groups excluding carboxylic acids is 3. The van der Waals surface area contributed by atoms with Gasteiger partial charge in [-0.25, -0.2) is 17.8 Å². The van der Waals surface area contributed by atoms with E-state index in [1.54, 1.807) is 12.1 Å². The third kappa shape index (κ3) is 8.09. The minimum Gasteiger partial charge on any atom is -0.422 e. The number of ether oxygens (including phenoxy) is 1. The number of benzene rings is 1. The average Bonchev–Trinajstić information content (AvgIpc) is 2.98. The van der Waals surface area contributed by atoms with Crippen LogP contribution in [0.4, 0.5) is 15.9 Å². The van der Waals surface area contributed by atoms with Gasteiger partial charge in [0, 0.05) is 55.0 Å². The molecule has 3 heterocycles. The number of sulfonamides is 1. The highest BCUT2D eigenvalue weighted by atomic mass is 35.5. The molecule has 3 aromatic rings. The first kappa shape index (κ1) is 32.4. The van der Waals surface area contributed by atoms with E-state index in [9.17, 15) is 27.2 Å². The zero-order chi connectivity index (χ0) is 31.0. The highest BCUT2D eigenvalue weighted by Crippen LogP contribution is 2.36. The SMILES string of the molecule is O=C(CCCCl)Nc1cc(F)ccc1CNC(=O)c1nc(N2CCCCS2(=O)=O)c2cccnc2c1OC(=O)CCCCl. The molecule has 0 radical (unpaired) electrons. The molecule has 11 nitrogen and oxygen atoms in total. The standard InChI is InChI=1S/C28H30Cl2FN5O6S/c29-11-3-7-22(37)34-21-16-19(31)10-9-18(21)17-33-28(39)25-26(42-23(38)8-4-12-30)24-20(6-5-13-32-24)27(35-25)36-14-1-2-15-43(36,40)41/h5-6,9-10,13,16H,1-4,7-8,11-12,14-15,17H2,(H,33,39)(H,34,37). The van der Waals surface area contributed by atoms with Crippen LogP contribution in [-0.4, -0.2) is 60.2 Å². The van der Waals surface area contributed by atoms with Gasteiger partial charge in [0.1, 0.15) is 11.3 Å². The molecule has 43 heavy (non-hydrogen) atoms. The van der Waals surface area contributed by atoms with E-state index in [-0.39, 0.29) is 83.2 Å². The van der Waals surface area contributed by atoms with Gasteiger partial charge in [0.25, 0.3) is 5.91 Å². The molecule has 230 valence electrons. The third-order valence-electron chi connectivity index (χ3n) is 6.55. The Morgan fingerprint density at radius 2 is 1.84 bits per heavy atom. The number of aromatic nitrogens is 2. The molecule has 2 amide bonds. The lowest BCUT2D eigenvalue weighted by atomic mass is 10.1. The first-order valence-electron chi connectivity index (χ1n) is 13.6. The van der Waals surface area contributed by atoms with Crippen LogP contribution in [0.5, 0.6) is 5.75 Å². The van der Waals surface area contributed by atoms with Crippen LogP contribution in [-0.2, 0) is 26.2 Å². The number of hydrogen-bond acceptors (Lipinski definition) is 8. The molecule has 2 N–H and O–H groups in total. The van der Waals surface area contributed by atoms with Gasteiger partial charge >= 0.3 is 5.97 Å². The van der Waals surface area contributed by atoms with Gasteiger partial charge in [-0.2, -0.15) is 0 Å². The number of amides is 2. The largest absolute Gasteiger partial charge is 0.422 e. The summed E-state index contributed by atoms with van der Waals surface area (Å²) < 4.78 is 46.8. The van der Waals surface area contributed by atoms with Crippen LogP contribution in [0.2, 0.25) is 0 Å². The van der Waals surface area contributed by atoms with Crippen molar-refractivity contribution in [2.75, 3.05) is 33.7 Å². The van der Waals surface area contributed by atoms with Gasteiger partial charge in [0.05, 0.1) is 5.75 Å². The Hall–Kier alpha value is -3.55. The molecule has 1 aromatic carbocycles. The van der Waals surface area contributed by atoms with E-state index < -0.39 is 27.7 Å². The first-order chi connectivity index (χ1) is 20.6. The number of alkyl halides is 2. The van der Waals surface area contributed by atoms with Crippen LogP contribution in [0, 0.1) is 5.82 Å². The van der Waals surface area contributed by atoms with E-state index in [1.807, 2.05) is 0 Å². The van der Waals surface area contributed by atoms with Crippen molar-refractivity contribution in [3.63, 3.8) is 0 Å². The van der Waals surface area contributed by atoms with E-state index in [0.717, 1.165) is 10.4 Å². The monoisotopic (exact) mass is 653 g/mol. The van der Waals surface area contributed by atoms with E-state index in [1.165, 1.54) is 18.3 Å². The maximum atomic E-state index is 14.0. The molecule has 2 aromatic heterocycles. The van der Waals surface area contributed by atoms with Gasteiger partial charge in [-0.3, -0.25) is 23.7 Å². The summed E-state index contributed by atoms with van der Waals surface area (Å²) >= 11 is 11.4.